The first kappa shape index (κ1) is 22.2. The largest absolute Gasteiger partial charge is 0.365 e. The summed E-state index contributed by atoms with van der Waals surface area (Å²) >= 11 is 0. The fourth-order valence-corrected chi connectivity index (χ4v) is 4.23. The summed E-state index contributed by atoms with van der Waals surface area (Å²) in [6.07, 6.45) is 5.53. The van der Waals surface area contributed by atoms with Crippen LogP contribution in [0.25, 0.3) is 0 Å². The molecule has 1 saturated carbocycles. The number of halogens is 1. The van der Waals surface area contributed by atoms with Gasteiger partial charge in [0.05, 0.1) is 5.56 Å². The van der Waals surface area contributed by atoms with Gasteiger partial charge in [0.1, 0.15) is 11.6 Å². The number of nitrogens with two attached hydrogens (primary N) is 2. The predicted molar refractivity (Wildman–Crippen MR) is 124 cm³/mol. The molecule has 2 aromatic rings. The number of carbonyl (C=O) groups excluding carboxylic acids is 1. The lowest BCUT2D eigenvalue weighted by molar-refractivity contribution is 0.100. The molecule has 1 aliphatic carbocycles. The molecular weight excluding hydrogens is 411 g/mol. The van der Waals surface area contributed by atoms with Crippen molar-refractivity contribution < 1.29 is 9.18 Å². The van der Waals surface area contributed by atoms with Crippen molar-refractivity contribution in [1.29, 1.82) is 0 Å². The summed E-state index contributed by atoms with van der Waals surface area (Å²) in [7, 11) is 2.10. The Bertz CT molecular complexity index is 963. The first-order valence-electron chi connectivity index (χ1n) is 11.1. The molecule has 3 heterocycles. The third kappa shape index (κ3) is 5.08. The number of aromatic nitrogens is 2. The average Bonchev–Trinajstić information content (AvgIpc) is 2.78. The number of hydrogen-bond acceptors (Lipinski definition) is 8. The van der Waals surface area contributed by atoms with E-state index in [0.29, 0.717) is 5.69 Å². The number of amides is 1. The summed E-state index contributed by atoms with van der Waals surface area (Å²) in [5, 5.41) is 6.26. The van der Waals surface area contributed by atoms with Crippen molar-refractivity contribution in [1.82, 2.24) is 14.9 Å². The Hall–Kier alpha value is -2.98. The van der Waals surface area contributed by atoms with E-state index < -0.39 is 11.7 Å². The lowest BCUT2D eigenvalue weighted by Crippen LogP contribution is -2.44. The molecule has 0 spiro atoms. The fourth-order valence-electron chi connectivity index (χ4n) is 4.23. The number of primary amides is 1. The molecule has 172 valence electrons. The van der Waals surface area contributed by atoms with E-state index in [0.717, 1.165) is 63.7 Å². The summed E-state index contributed by atoms with van der Waals surface area (Å²) in [5.41, 5.74) is 12.4. The lowest BCUT2D eigenvalue weighted by Gasteiger charge is -2.33. The second-order valence-corrected chi connectivity index (χ2v) is 8.60. The molecule has 2 atom stereocenters. The van der Waals surface area contributed by atoms with Gasteiger partial charge in [-0.1, -0.05) is 12.8 Å². The molecule has 6 N–H and O–H groups in total. The number of nitrogens with one attached hydrogen (secondary N) is 2. The van der Waals surface area contributed by atoms with Crippen molar-refractivity contribution in [2.45, 2.75) is 37.8 Å². The molecule has 32 heavy (non-hydrogen) atoms. The molecule has 1 saturated heterocycles. The van der Waals surface area contributed by atoms with Crippen LogP contribution in [-0.4, -0.2) is 66.1 Å². The molecule has 0 radical (unpaired) electrons. The fraction of sp³-hybridized carbons (Fsp3) is 0.500. The molecule has 0 unspecified atom stereocenters. The van der Waals surface area contributed by atoms with E-state index in [1.165, 1.54) is 0 Å². The highest BCUT2D eigenvalue weighted by Crippen LogP contribution is 2.27. The first-order chi connectivity index (χ1) is 15.4. The molecule has 10 heteroatoms. The average molecular weight is 443 g/mol. The zero-order valence-corrected chi connectivity index (χ0v) is 18.4. The van der Waals surface area contributed by atoms with Gasteiger partial charge in [-0.05, 0) is 32.0 Å². The van der Waals surface area contributed by atoms with Gasteiger partial charge < -0.3 is 31.9 Å². The maximum Gasteiger partial charge on any atom is 0.252 e. The molecule has 9 nitrogen and oxygen atoms in total. The minimum atomic E-state index is -0.756. The van der Waals surface area contributed by atoms with Crippen LogP contribution in [0.15, 0.2) is 24.4 Å². The smallest absolute Gasteiger partial charge is 0.252 e. The van der Waals surface area contributed by atoms with Gasteiger partial charge in [-0.3, -0.25) is 4.79 Å². The van der Waals surface area contributed by atoms with Crippen LogP contribution in [0.2, 0.25) is 0 Å². The Morgan fingerprint density at radius 1 is 1.16 bits per heavy atom. The van der Waals surface area contributed by atoms with Crippen LogP contribution in [0.3, 0.4) is 0 Å². The normalized spacial score (nSPS) is 21.9. The van der Waals surface area contributed by atoms with E-state index in [9.17, 15) is 9.18 Å². The molecule has 2 fully saturated rings. The summed E-state index contributed by atoms with van der Waals surface area (Å²) in [5.74, 6) is -0.296. The first-order valence-corrected chi connectivity index (χ1v) is 11.1. The highest BCUT2D eigenvalue weighted by molar-refractivity contribution is 5.98. The van der Waals surface area contributed by atoms with Gasteiger partial charge in [0.15, 0.2) is 11.6 Å². The second kappa shape index (κ2) is 9.66. The van der Waals surface area contributed by atoms with E-state index in [4.69, 9.17) is 11.5 Å². The minimum absolute atomic E-state index is 0.0149. The number of hydrogen-bond donors (Lipinski definition) is 4. The van der Waals surface area contributed by atoms with Crippen LogP contribution in [0.1, 0.15) is 36.0 Å². The number of rotatable bonds is 6. The molecule has 4 rings (SSSR count). The highest BCUT2D eigenvalue weighted by Gasteiger charge is 2.24. The van der Waals surface area contributed by atoms with E-state index in [-0.39, 0.29) is 29.3 Å². The number of piperazine rings is 1. The predicted octanol–water partition coefficient (Wildman–Crippen LogP) is 1.89. The van der Waals surface area contributed by atoms with Gasteiger partial charge in [-0.15, -0.1) is 0 Å². The summed E-state index contributed by atoms with van der Waals surface area (Å²) in [6.45, 7) is 3.68. The monoisotopic (exact) mass is 442 g/mol. The Kier molecular flexibility index (Phi) is 6.71. The number of nitrogens with zero attached hydrogens (tertiary/aromatic N) is 4. The number of carbonyl (C=O) groups is 1. The molecule has 2 aromatic heterocycles. The standard InChI is InChI=1S/C22H31FN8O/c1-30-8-10-31(11-9-30)19-12-14(6-7-26-19)27-21-15(20(25)32)13-16(23)22(29-21)28-18-5-3-2-4-17(18)24/h6-7,12-13,17-18H,2-5,8-11,24H2,1H3,(H2,25,32)(H2,26,27,28,29)/t17-,18+/m0/s1. The SMILES string of the molecule is CN1CCN(c2cc(Nc3nc(N[C@@H]4CCCC[C@@H]4N)c(F)cc3C(N)=O)ccn2)CC1. The topological polar surface area (TPSA) is 125 Å². The number of anilines is 4. The summed E-state index contributed by atoms with van der Waals surface area (Å²) < 4.78 is 14.7. The van der Waals surface area contributed by atoms with Gasteiger partial charge in [0.25, 0.3) is 5.91 Å². The van der Waals surface area contributed by atoms with Crippen LogP contribution in [0.4, 0.5) is 27.5 Å². The van der Waals surface area contributed by atoms with E-state index >= 15 is 0 Å². The molecular formula is C22H31FN8O. The van der Waals surface area contributed by atoms with E-state index in [2.05, 4.69) is 37.4 Å². The van der Waals surface area contributed by atoms with Gasteiger partial charge in [-0.25, -0.2) is 14.4 Å². The lowest BCUT2D eigenvalue weighted by atomic mass is 9.91. The van der Waals surface area contributed by atoms with Crippen molar-refractivity contribution in [2.24, 2.45) is 11.5 Å². The minimum Gasteiger partial charge on any atom is -0.365 e. The Morgan fingerprint density at radius 2 is 1.91 bits per heavy atom. The molecule has 0 aromatic carbocycles. The van der Waals surface area contributed by atoms with Crippen molar-refractivity contribution >= 4 is 29.0 Å². The van der Waals surface area contributed by atoms with Gasteiger partial charge in [-0.2, -0.15) is 0 Å². The Labute approximate surface area is 187 Å². The van der Waals surface area contributed by atoms with Gasteiger partial charge >= 0.3 is 0 Å². The molecule has 2 aliphatic rings. The van der Waals surface area contributed by atoms with Crippen molar-refractivity contribution in [2.75, 3.05) is 48.8 Å². The zero-order valence-electron chi connectivity index (χ0n) is 18.4. The van der Waals surface area contributed by atoms with Crippen LogP contribution in [0, 0.1) is 5.82 Å². The molecule has 0 bridgehead atoms. The van der Waals surface area contributed by atoms with Crippen LogP contribution in [-0.2, 0) is 0 Å². The van der Waals surface area contributed by atoms with Gasteiger partial charge in [0.2, 0.25) is 0 Å². The maximum absolute atomic E-state index is 14.7. The molecule has 1 aliphatic heterocycles. The third-order valence-corrected chi connectivity index (χ3v) is 6.22. The Morgan fingerprint density at radius 3 is 2.62 bits per heavy atom. The zero-order chi connectivity index (χ0) is 22.7. The summed E-state index contributed by atoms with van der Waals surface area (Å²) in [6, 6.07) is 4.66. The second-order valence-electron chi connectivity index (χ2n) is 8.60. The van der Waals surface area contributed by atoms with Gasteiger partial charge in [0, 0.05) is 56.2 Å². The van der Waals surface area contributed by atoms with E-state index in [1.807, 2.05) is 6.07 Å². The highest BCUT2D eigenvalue weighted by atomic mass is 19.1. The van der Waals surface area contributed by atoms with Crippen molar-refractivity contribution in [3.63, 3.8) is 0 Å². The molecule has 1 amide bonds. The maximum atomic E-state index is 14.7. The van der Waals surface area contributed by atoms with E-state index in [1.54, 1.807) is 12.3 Å². The number of pyridine rings is 2. The van der Waals surface area contributed by atoms with Crippen LogP contribution in [0.5, 0.6) is 0 Å². The van der Waals surface area contributed by atoms with Crippen molar-refractivity contribution in [3.05, 3.63) is 35.8 Å². The van der Waals surface area contributed by atoms with Crippen molar-refractivity contribution in [3.8, 4) is 0 Å². The summed E-state index contributed by atoms with van der Waals surface area (Å²) in [4.78, 5) is 25.3. The Balaban J connectivity index is 1.58. The number of likely N-dealkylation sites (N-methyl/N-ethyl adjacent to an activating group) is 1. The van der Waals surface area contributed by atoms with Crippen LogP contribution < -0.4 is 27.0 Å². The van der Waals surface area contributed by atoms with Crippen LogP contribution >= 0.6 is 0 Å². The quantitative estimate of drug-likeness (QED) is 0.534. The third-order valence-electron chi connectivity index (χ3n) is 6.22.